The molecule has 4 rings (SSSR count). The molecule has 20 heavy (non-hydrogen) atoms. The van der Waals surface area contributed by atoms with E-state index in [-0.39, 0.29) is 5.91 Å². The molecule has 0 aliphatic carbocycles. The van der Waals surface area contributed by atoms with Crippen LogP contribution in [0.4, 0.5) is 5.69 Å². The lowest BCUT2D eigenvalue weighted by atomic mass is 10.0. The highest BCUT2D eigenvalue weighted by Crippen LogP contribution is 2.44. The van der Waals surface area contributed by atoms with Gasteiger partial charge in [-0.2, -0.15) is 0 Å². The van der Waals surface area contributed by atoms with Crippen LogP contribution in [0, 0.1) is 0 Å². The van der Waals surface area contributed by atoms with Crippen molar-refractivity contribution < 1.29 is 14.3 Å². The highest BCUT2D eigenvalue weighted by atomic mass is 32.1. The van der Waals surface area contributed by atoms with Gasteiger partial charge >= 0.3 is 0 Å². The number of amides is 1. The van der Waals surface area contributed by atoms with Crippen molar-refractivity contribution >= 4 is 22.9 Å². The second kappa shape index (κ2) is 4.52. The van der Waals surface area contributed by atoms with E-state index in [1.54, 1.807) is 0 Å². The van der Waals surface area contributed by atoms with E-state index in [2.05, 4.69) is 5.32 Å². The summed E-state index contributed by atoms with van der Waals surface area (Å²) >= 11 is 1.43. The maximum atomic E-state index is 12.3. The van der Waals surface area contributed by atoms with Crippen molar-refractivity contribution in [2.75, 3.05) is 18.5 Å². The van der Waals surface area contributed by atoms with Gasteiger partial charge in [-0.05, 0) is 17.5 Å². The SMILES string of the molecule is O=C(Nc1c2c(cc3c1OCC3)OCC2)c1cccs1. The summed E-state index contributed by atoms with van der Waals surface area (Å²) in [5, 5.41) is 4.91. The molecule has 3 heterocycles. The zero-order valence-electron chi connectivity index (χ0n) is 10.8. The molecule has 2 aliphatic rings. The third kappa shape index (κ3) is 1.78. The van der Waals surface area contributed by atoms with Crippen molar-refractivity contribution in [3.05, 3.63) is 39.6 Å². The average Bonchev–Trinajstić information content (AvgIpc) is 3.19. The fourth-order valence-corrected chi connectivity index (χ4v) is 3.32. The van der Waals surface area contributed by atoms with E-state index in [4.69, 9.17) is 9.47 Å². The molecule has 1 N–H and O–H groups in total. The summed E-state index contributed by atoms with van der Waals surface area (Å²) in [6.07, 6.45) is 1.68. The zero-order valence-corrected chi connectivity index (χ0v) is 11.6. The molecule has 5 heteroatoms. The van der Waals surface area contributed by atoms with Crippen LogP contribution in [0.25, 0.3) is 0 Å². The molecule has 1 aromatic carbocycles. The molecule has 4 nitrogen and oxygen atoms in total. The van der Waals surface area contributed by atoms with Crippen molar-refractivity contribution in [1.82, 2.24) is 0 Å². The Hall–Kier alpha value is -2.01. The van der Waals surface area contributed by atoms with Gasteiger partial charge in [0.1, 0.15) is 11.5 Å². The Balaban J connectivity index is 1.76. The van der Waals surface area contributed by atoms with E-state index in [1.165, 1.54) is 11.3 Å². The van der Waals surface area contributed by atoms with Crippen LogP contribution in [0.3, 0.4) is 0 Å². The van der Waals surface area contributed by atoms with E-state index in [1.807, 2.05) is 23.6 Å². The summed E-state index contributed by atoms with van der Waals surface area (Å²) in [6.45, 7) is 1.33. The fourth-order valence-electron chi connectivity index (χ4n) is 2.70. The van der Waals surface area contributed by atoms with Gasteiger partial charge in [-0.1, -0.05) is 6.07 Å². The molecule has 2 aromatic rings. The Morgan fingerprint density at radius 1 is 1.25 bits per heavy atom. The normalized spacial score (nSPS) is 15.2. The van der Waals surface area contributed by atoms with Crippen molar-refractivity contribution in [2.24, 2.45) is 0 Å². The quantitative estimate of drug-likeness (QED) is 0.924. The molecular weight excluding hydrogens is 274 g/mol. The van der Waals surface area contributed by atoms with E-state index in [0.29, 0.717) is 18.1 Å². The molecule has 1 amide bonds. The van der Waals surface area contributed by atoms with Gasteiger partial charge in [-0.15, -0.1) is 11.3 Å². The van der Waals surface area contributed by atoms with Crippen molar-refractivity contribution in [2.45, 2.75) is 12.8 Å². The van der Waals surface area contributed by atoms with E-state index in [0.717, 1.165) is 41.2 Å². The summed E-state index contributed by atoms with van der Waals surface area (Å²) in [5.41, 5.74) is 2.97. The van der Waals surface area contributed by atoms with Crippen LogP contribution >= 0.6 is 11.3 Å². The summed E-state index contributed by atoms with van der Waals surface area (Å²) in [5.74, 6) is 1.62. The van der Waals surface area contributed by atoms with Gasteiger partial charge in [-0.25, -0.2) is 0 Å². The van der Waals surface area contributed by atoms with Crippen molar-refractivity contribution in [3.8, 4) is 11.5 Å². The largest absolute Gasteiger partial charge is 0.493 e. The Morgan fingerprint density at radius 2 is 2.15 bits per heavy atom. The molecule has 0 atom stereocenters. The van der Waals surface area contributed by atoms with Crippen LogP contribution in [0.5, 0.6) is 11.5 Å². The van der Waals surface area contributed by atoms with Gasteiger partial charge in [0.05, 0.1) is 23.8 Å². The first-order valence-corrected chi connectivity index (χ1v) is 7.50. The maximum Gasteiger partial charge on any atom is 0.265 e. The number of carbonyl (C=O) groups is 1. The van der Waals surface area contributed by atoms with Gasteiger partial charge in [0, 0.05) is 24.0 Å². The predicted molar refractivity (Wildman–Crippen MR) is 77.1 cm³/mol. The Morgan fingerprint density at radius 3 is 3.00 bits per heavy atom. The third-order valence-corrected chi connectivity index (χ3v) is 4.50. The molecule has 0 saturated heterocycles. The molecule has 0 bridgehead atoms. The second-order valence-corrected chi connectivity index (χ2v) is 5.79. The van der Waals surface area contributed by atoms with Crippen LogP contribution in [-0.2, 0) is 12.8 Å². The topological polar surface area (TPSA) is 47.6 Å². The number of fused-ring (bicyclic) bond motifs is 2. The van der Waals surface area contributed by atoms with Gasteiger partial charge in [0.15, 0.2) is 0 Å². The van der Waals surface area contributed by atoms with E-state index < -0.39 is 0 Å². The molecule has 102 valence electrons. The number of carbonyl (C=O) groups excluding carboxylic acids is 1. The Labute approximate surface area is 120 Å². The molecule has 0 unspecified atom stereocenters. The minimum absolute atomic E-state index is 0.0852. The molecule has 1 aromatic heterocycles. The number of benzene rings is 1. The average molecular weight is 287 g/mol. The van der Waals surface area contributed by atoms with Gasteiger partial charge in [0.2, 0.25) is 0 Å². The number of nitrogens with one attached hydrogen (secondary N) is 1. The summed E-state index contributed by atoms with van der Waals surface area (Å²) in [7, 11) is 0. The number of rotatable bonds is 2. The van der Waals surface area contributed by atoms with Crippen LogP contribution in [0.15, 0.2) is 23.6 Å². The van der Waals surface area contributed by atoms with Crippen LogP contribution in [0.1, 0.15) is 20.8 Å². The van der Waals surface area contributed by atoms with Crippen molar-refractivity contribution in [3.63, 3.8) is 0 Å². The second-order valence-electron chi connectivity index (χ2n) is 4.84. The first-order valence-electron chi connectivity index (χ1n) is 6.62. The first kappa shape index (κ1) is 11.8. The molecular formula is C15H13NO3S. The number of hydrogen-bond donors (Lipinski definition) is 1. The summed E-state index contributed by atoms with van der Waals surface area (Å²) < 4.78 is 11.3. The third-order valence-electron chi connectivity index (χ3n) is 3.63. The van der Waals surface area contributed by atoms with Crippen LogP contribution in [0.2, 0.25) is 0 Å². The summed E-state index contributed by atoms with van der Waals surface area (Å²) in [6, 6.07) is 5.74. The summed E-state index contributed by atoms with van der Waals surface area (Å²) in [4.78, 5) is 13.0. The molecule has 0 fully saturated rings. The Bertz CT molecular complexity index is 647. The maximum absolute atomic E-state index is 12.3. The molecule has 0 saturated carbocycles. The minimum atomic E-state index is -0.0852. The molecule has 2 aliphatic heterocycles. The number of thiophene rings is 1. The van der Waals surface area contributed by atoms with Gasteiger partial charge in [0.25, 0.3) is 5.91 Å². The lowest BCUT2D eigenvalue weighted by Crippen LogP contribution is -2.12. The number of anilines is 1. The van der Waals surface area contributed by atoms with Gasteiger partial charge < -0.3 is 14.8 Å². The van der Waals surface area contributed by atoms with Crippen LogP contribution < -0.4 is 14.8 Å². The monoisotopic (exact) mass is 287 g/mol. The molecule has 0 radical (unpaired) electrons. The predicted octanol–water partition coefficient (Wildman–Crippen LogP) is 2.87. The van der Waals surface area contributed by atoms with Crippen LogP contribution in [-0.4, -0.2) is 19.1 Å². The minimum Gasteiger partial charge on any atom is -0.493 e. The Kier molecular flexibility index (Phi) is 2.67. The lowest BCUT2D eigenvalue weighted by Gasteiger charge is -2.13. The lowest BCUT2D eigenvalue weighted by molar-refractivity contribution is 0.103. The first-order chi connectivity index (χ1) is 9.83. The van der Waals surface area contributed by atoms with Crippen molar-refractivity contribution in [1.29, 1.82) is 0 Å². The van der Waals surface area contributed by atoms with E-state index in [9.17, 15) is 4.79 Å². The molecule has 0 spiro atoms. The fraction of sp³-hybridized carbons (Fsp3) is 0.267. The number of ether oxygens (including phenoxy) is 2. The smallest absolute Gasteiger partial charge is 0.265 e. The highest BCUT2D eigenvalue weighted by molar-refractivity contribution is 7.12. The van der Waals surface area contributed by atoms with Gasteiger partial charge in [-0.3, -0.25) is 4.79 Å². The zero-order chi connectivity index (χ0) is 13.5. The number of hydrogen-bond acceptors (Lipinski definition) is 4. The standard InChI is InChI=1S/C15H13NO3S/c17-15(12-2-1-7-20-12)16-13-10-4-6-18-11(10)8-9-3-5-19-14(9)13/h1-2,7-8H,3-6H2,(H,16,17). The highest BCUT2D eigenvalue weighted by Gasteiger charge is 2.27. The van der Waals surface area contributed by atoms with E-state index >= 15 is 0 Å².